The first kappa shape index (κ1) is 14.8. The van der Waals surface area contributed by atoms with Gasteiger partial charge >= 0.3 is 0 Å². The third-order valence-electron chi connectivity index (χ3n) is 5.48. The average Bonchev–Trinajstić information content (AvgIpc) is 2.94. The summed E-state index contributed by atoms with van der Waals surface area (Å²) < 4.78 is 5.62. The minimum Gasteiger partial charge on any atom is -0.381 e. The van der Waals surface area contributed by atoms with Crippen molar-refractivity contribution in [1.82, 2.24) is 14.9 Å². The van der Waals surface area contributed by atoms with Crippen LogP contribution in [0.1, 0.15) is 12.8 Å². The first-order valence-corrected chi connectivity index (χ1v) is 8.39. The normalized spacial score (nSPS) is 24.0. The molecule has 1 unspecified atom stereocenters. The third kappa shape index (κ3) is 2.58. The number of anilines is 1. The van der Waals surface area contributed by atoms with E-state index in [9.17, 15) is 0 Å². The monoisotopic (exact) mass is 312 g/mol. The van der Waals surface area contributed by atoms with Gasteiger partial charge in [-0.05, 0) is 39.1 Å². The second kappa shape index (κ2) is 5.73. The minimum absolute atomic E-state index is 0.315. The van der Waals surface area contributed by atoms with Crippen LogP contribution in [-0.2, 0) is 4.74 Å². The van der Waals surface area contributed by atoms with Crippen molar-refractivity contribution >= 4 is 16.9 Å². The van der Waals surface area contributed by atoms with Gasteiger partial charge in [0.25, 0.3) is 0 Å². The molecule has 1 spiro atoms. The van der Waals surface area contributed by atoms with Gasteiger partial charge in [0.15, 0.2) is 0 Å². The summed E-state index contributed by atoms with van der Waals surface area (Å²) in [6.45, 7) is 3.81. The third-order valence-corrected chi connectivity index (χ3v) is 5.48. The van der Waals surface area contributed by atoms with Gasteiger partial charge in [0.05, 0.1) is 17.2 Å². The Balaban J connectivity index is 1.66. The van der Waals surface area contributed by atoms with Crippen LogP contribution in [0.4, 0.5) is 5.82 Å². The number of rotatable bonds is 2. The predicted molar refractivity (Wildman–Crippen MR) is 91.7 cm³/mol. The van der Waals surface area contributed by atoms with Gasteiger partial charge in [-0.15, -0.1) is 0 Å². The van der Waals surface area contributed by atoms with Gasteiger partial charge in [0.1, 0.15) is 5.82 Å². The molecule has 0 amide bonds. The van der Waals surface area contributed by atoms with Crippen molar-refractivity contribution in [3.8, 4) is 0 Å². The maximum Gasteiger partial charge on any atom is 0.147 e. The highest BCUT2D eigenvalue weighted by Gasteiger charge is 2.48. The van der Waals surface area contributed by atoms with Crippen molar-refractivity contribution in [2.45, 2.75) is 18.9 Å². The van der Waals surface area contributed by atoms with Crippen LogP contribution in [0.2, 0.25) is 0 Å². The molecule has 0 saturated carbocycles. The van der Waals surface area contributed by atoms with Crippen LogP contribution in [0.15, 0.2) is 30.5 Å². The fourth-order valence-electron chi connectivity index (χ4n) is 4.21. The zero-order valence-electron chi connectivity index (χ0n) is 13.9. The number of nitrogens with zero attached hydrogens (tertiary/aromatic N) is 4. The van der Waals surface area contributed by atoms with Gasteiger partial charge in [-0.25, -0.2) is 4.98 Å². The summed E-state index contributed by atoms with van der Waals surface area (Å²) in [5, 5.41) is 0. The Morgan fingerprint density at radius 1 is 1.17 bits per heavy atom. The first-order valence-electron chi connectivity index (χ1n) is 8.39. The number of benzene rings is 1. The molecule has 2 aliphatic heterocycles. The lowest BCUT2D eigenvalue weighted by Gasteiger charge is -2.40. The number of hydrogen-bond donors (Lipinski definition) is 0. The van der Waals surface area contributed by atoms with E-state index in [0.29, 0.717) is 11.5 Å². The largest absolute Gasteiger partial charge is 0.381 e. The van der Waals surface area contributed by atoms with E-state index in [-0.39, 0.29) is 0 Å². The van der Waals surface area contributed by atoms with Crippen LogP contribution in [0.25, 0.3) is 11.0 Å². The summed E-state index contributed by atoms with van der Waals surface area (Å²) in [6.07, 6.45) is 4.19. The molecular weight excluding hydrogens is 288 g/mol. The molecule has 5 heteroatoms. The lowest BCUT2D eigenvalue weighted by atomic mass is 9.75. The van der Waals surface area contributed by atoms with Crippen LogP contribution in [0, 0.1) is 5.41 Å². The van der Waals surface area contributed by atoms with Gasteiger partial charge in [0, 0.05) is 37.8 Å². The highest BCUT2D eigenvalue weighted by molar-refractivity contribution is 5.75. The van der Waals surface area contributed by atoms with E-state index in [1.807, 2.05) is 30.5 Å². The summed E-state index contributed by atoms with van der Waals surface area (Å²) >= 11 is 0. The van der Waals surface area contributed by atoms with Crippen molar-refractivity contribution in [2.24, 2.45) is 5.41 Å². The molecule has 0 aliphatic carbocycles. The van der Waals surface area contributed by atoms with Crippen LogP contribution < -0.4 is 4.90 Å². The highest BCUT2D eigenvalue weighted by atomic mass is 16.5. The summed E-state index contributed by atoms with van der Waals surface area (Å²) in [4.78, 5) is 14.2. The predicted octanol–water partition coefficient (Wildman–Crippen LogP) is 2.18. The topological polar surface area (TPSA) is 41.5 Å². The summed E-state index contributed by atoms with van der Waals surface area (Å²) in [5.41, 5.74) is 2.24. The van der Waals surface area contributed by atoms with Gasteiger partial charge < -0.3 is 14.5 Å². The number of ether oxygens (including phenoxy) is 1. The molecule has 2 aliphatic rings. The molecule has 1 aromatic carbocycles. The Labute approximate surface area is 137 Å². The van der Waals surface area contributed by atoms with E-state index >= 15 is 0 Å². The minimum atomic E-state index is 0.315. The summed E-state index contributed by atoms with van der Waals surface area (Å²) in [7, 11) is 4.38. The van der Waals surface area contributed by atoms with E-state index in [0.717, 1.165) is 56.0 Å². The van der Waals surface area contributed by atoms with E-state index in [2.05, 4.69) is 28.9 Å². The van der Waals surface area contributed by atoms with Crippen LogP contribution in [0.5, 0.6) is 0 Å². The van der Waals surface area contributed by atoms with Crippen molar-refractivity contribution in [3.63, 3.8) is 0 Å². The van der Waals surface area contributed by atoms with Gasteiger partial charge in [0.2, 0.25) is 0 Å². The van der Waals surface area contributed by atoms with Crippen molar-refractivity contribution < 1.29 is 4.74 Å². The summed E-state index contributed by atoms with van der Waals surface area (Å²) in [6, 6.07) is 8.62. The Bertz CT molecular complexity index is 696. The van der Waals surface area contributed by atoms with Crippen molar-refractivity contribution in [3.05, 3.63) is 30.5 Å². The maximum atomic E-state index is 5.62. The molecule has 4 rings (SSSR count). The Kier molecular flexibility index (Phi) is 3.70. The highest BCUT2D eigenvalue weighted by Crippen LogP contribution is 2.43. The summed E-state index contributed by atoms with van der Waals surface area (Å²) in [5.74, 6) is 0.999. The lowest BCUT2D eigenvalue weighted by Crippen LogP contribution is -2.46. The standard InChI is InChI=1S/C18H24N4O/c1-21(2)16-12-22(13-18(16)7-9-23-10-8-18)17-11-19-14-5-3-4-6-15(14)20-17/h3-6,11,16H,7-10,12-13H2,1-2H3. The van der Waals surface area contributed by atoms with Gasteiger partial charge in [-0.2, -0.15) is 0 Å². The van der Waals surface area contributed by atoms with Gasteiger partial charge in [-0.1, -0.05) is 12.1 Å². The molecule has 1 atom stereocenters. The number of likely N-dealkylation sites (N-methyl/N-ethyl adjacent to an activating group) is 1. The number of fused-ring (bicyclic) bond motifs is 1. The van der Waals surface area contributed by atoms with Crippen LogP contribution >= 0.6 is 0 Å². The SMILES string of the molecule is CN(C)C1CN(c2cnc3ccccc3n2)CC12CCOCC2. The molecular formula is C18H24N4O. The Hall–Kier alpha value is -1.72. The zero-order valence-corrected chi connectivity index (χ0v) is 13.9. The molecule has 2 fully saturated rings. The zero-order chi connectivity index (χ0) is 15.9. The van der Waals surface area contributed by atoms with E-state index < -0.39 is 0 Å². The first-order chi connectivity index (χ1) is 11.2. The molecule has 0 N–H and O–H groups in total. The number of hydrogen-bond acceptors (Lipinski definition) is 5. The molecule has 0 radical (unpaired) electrons. The molecule has 2 saturated heterocycles. The number of para-hydroxylation sites is 2. The average molecular weight is 312 g/mol. The lowest BCUT2D eigenvalue weighted by molar-refractivity contribution is -0.00578. The molecule has 3 heterocycles. The fourth-order valence-corrected chi connectivity index (χ4v) is 4.21. The Morgan fingerprint density at radius 3 is 2.65 bits per heavy atom. The maximum absolute atomic E-state index is 5.62. The van der Waals surface area contributed by atoms with E-state index in [4.69, 9.17) is 9.72 Å². The molecule has 0 bridgehead atoms. The Morgan fingerprint density at radius 2 is 1.91 bits per heavy atom. The molecule has 5 nitrogen and oxygen atoms in total. The molecule has 1 aromatic heterocycles. The van der Waals surface area contributed by atoms with Crippen LogP contribution in [0.3, 0.4) is 0 Å². The van der Waals surface area contributed by atoms with Gasteiger partial charge in [-0.3, -0.25) is 4.98 Å². The van der Waals surface area contributed by atoms with Crippen molar-refractivity contribution in [2.75, 3.05) is 45.3 Å². The van der Waals surface area contributed by atoms with Crippen molar-refractivity contribution in [1.29, 1.82) is 0 Å². The molecule has 23 heavy (non-hydrogen) atoms. The quantitative estimate of drug-likeness (QED) is 0.850. The van der Waals surface area contributed by atoms with Crippen LogP contribution in [-0.4, -0.2) is 61.3 Å². The molecule has 122 valence electrons. The second-order valence-corrected chi connectivity index (χ2v) is 7.05. The smallest absolute Gasteiger partial charge is 0.147 e. The second-order valence-electron chi connectivity index (χ2n) is 7.05. The molecule has 2 aromatic rings. The number of aromatic nitrogens is 2. The fraction of sp³-hybridized carbons (Fsp3) is 0.556. The van der Waals surface area contributed by atoms with E-state index in [1.165, 1.54) is 0 Å². The van der Waals surface area contributed by atoms with E-state index in [1.54, 1.807) is 0 Å².